The molecule has 3 N–H and O–H groups in total. The van der Waals surface area contributed by atoms with E-state index in [0.717, 1.165) is 24.3 Å². The Morgan fingerprint density at radius 1 is 1.27 bits per heavy atom. The number of rotatable bonds is 6. The van der Waals surface area contributed by atoms with Crippen LogP contribution < -0.4 is 20.9 Å². The summed E-state index contributed by atoms with van der Waals surface area (Å²) >= 11 is 6.22. The van der Waals surface area contributed by atoms with Gasteiger partial charge in [0.15, 0.2) is 0 Å². The second kappa shape index (κ2) is 8.21. The minimum Gasteiger partial charge on any atom is -0.336 e. The van der Waals surface area contributed by atoms with Crippen molar-refractivity contribution >= 4 is 34.9 Å². The topological polar surface area (TPSA) is 73.5 Å². The molecule has 3 rings (SSSR count). The van der Waals surface area contributed by atoms with Crippen LogP contribution in [0, 0.1) is 0 Å². The maximum absolute atomic E-state index is 12.6. The van der Waals surface area contributed by atoms with E-state index >= 15 is 0 Å². The van der Waals surface area contributed by atoms with Crippen molar-refractivity contribution in [2.75, 3.05) is 29.9 Å². The standard InChI is InChI=1S/C19H21ClN4O2/c1-2-21-12-13-4-3-5-15(10-13)23-18(25)14-6-7-16(20)17(11-14)24-9-8-22-19(24)26/h3-7,10-11,21H,2,8-9,12H2,1H3,(H,22,26)(H,23,25). The van der Waals surface area contributed by atoms with Crippen molar-refractivity contribution in [3.8, 4) is 0 Å². The first kappa shape index (κ1) is 18.2. The molecule has 0 atom stereocenters. The van der Waals surface area contributed by atoms with Crippen molar-refractivity contribution in [1.82, 2.24) is 10.6 Å². The van der Waals surface area contributed by atoms with E-state index in [1.165, 1.54) is 4.90 Å². The number of halogens is 1. The molecule has 0 aliphatic carbocycles. The van der Waals surface area contributed by atoms with Crippen molar-refractivity contribution in [3.05, 3.63) is 58.6 Å². The molecule has 0 saturated carbocycles. The van der Waals surface area contributed by atoms with Gasteiger partial charge in [0, 0.05) is 30.9 Å². The number of carbonyl (C=O) groups is 2. The molecule has 3 amide bonds. The molecule has 0 bridgehead atoms. The first-order valence-electron chi connectivity index (χ1n) is 8.54. The monoisotopic (exact) mass is 372 g/mol. The van der Waals surface area contributed by atoms with Gasteiger partial charge in [0.25, 0.3) is 5.91 Å². The number of nitrogens with one attached hydrogen (secondary N) is 3. The second-order valence-corrected chi connectivity index (χ2v) is 6.39. The zero-order valence-corrected chi connectivity index (χ0v) is 15.3. The Morgan fingerprint density at radius 2 is 2.12 bits per heavy atom. The summed E-state index contributed by atoms with van der Waals surface area (Å²) in [5.41, 5.74) is 2.80. The van der Waals surface area contributed by atoms with Crippen molar-refractivity contribution in [3.63, 3.8) is 0 Å². The summed E-state index contributed by atoms with van der Waals surface area (Å²) in [5, 5.41) is 9.31. The molecule has 1 fully saturated rings. The smallest absolute Gasteiger partial charge is 0.322 e. The molecule has 1 saturated heterocycles. The molecule has 0 aromatic heterocycles. The molecule has 2 aromatic carbocycles. The van der Waals surface area contributed by atoms with Crippen LogP contribution >= 0.6 is 11.6 Å². The normalized spacial score (nSPS) is 13.6. The molecule has 0 radical (unpaired) electrons. The molecule has 1 heterocycles. The molecule has 1 aliphatic rings. The fourth-order valence-corrected chi connectivity index (χ4v) is 3.01. The van der Waals surface area contributed by atoms with Crippen LogP contribution in [0.2, 0.25) is 5.02 Å². The van der Waals surface area contributed by atoms with E-state index in [0.29, 0.717) is 29.4 Å². The highest BCUT2D eigenvalue weighted by Crippen LogP contribution is 2.28. The zero-order chi connectivity index (χ0) is 18.5. The lowest BCUT2D eigenvalue weighted by atomic mass is 10.1. The van der Waals surface area contributed by atoms with E-state index in [-0.39, 0.29) is 11.9 Å². The van der Waals surface area contributed by atoms with Crippen molar-refractivity contribution in [2.45, 2.75) is 13.5 Å². The van der Waals surface area contributed by atoms with Crippen LogP contribution in [-0.2, 0) is 6.54 Å². The minimum atomic E-state index is -0.247. The molecule has 0 unspecified atom stereocenters. The summed E-state index contributed by atoms with van der Waals surface area (Å²) in [6, 6.07) is 12.4. The van der Waals surface area contributed by atoms with Gasteiger partial charge < -0.3 is 16.0 Å². The van der Waals surface area contributed by atoms with E-state index in [1.54, 1.807) is 18.2 Å². The lowest BCUT2D eigenvalue weighted by Crippen LogP contribution is -2.28. The number of urea groups is 1. The van der Waals surface area contributed by atoms with Crippen LogP contribution in [-0.4, -0.2) is 31.6 Å². The first-order chi connectivity index (χ1) is 12.6. The summed E-state index contributed by atoms with van der Waals surface area (Å²) in [6.07, 6.45) is 0. The average molecular weight is 373 g/mol. The Labute approximate surface area is 157 Å². The van der Waals surface area contributed by atoms with Crippen LogP contribution in [0.1, 0.15) is 22.8 Å². The largest absolute Gasteiger partial charge is 0.336 e. The summed E-state index contributed by atoms with van der Waals surface area (Å²) in [4.78, 5) is 26.0. The Bertz CT molecular complexity index is 825. The van der Waals surface area contributed by atoms with Gasteiger partial charge in [-0.05, 0) is 42.4 Å². The molecular weight excluding hydrogens is 352 g/mol. The second-order valence-electron chi connectivity index (χ2n) is 5.98. The number of amides is 3. The number of hydrogen-bond donors (Lipinski definition) is 3. The first-order valence-corrected chi connectivity index (χ1v) is 8.92. The third-order valence-electron chi connectivity index (χ3n) is 4.12. The van der Waals surface area contributed by atoms with Gasteiger partial charge in [0.1, 0.15) is 0 Å². The van der Waals surface area contributed by atoms with Gasteiger partial charge in [-0.1, -0.05) is 30.7 Å². The van der Waals surface area contributed by atoms with Crippen molar-refractivity contribution < 1.29 is 9.59 Å². The van der Waals surface area contributed by atoms with Gasteiger partial charge in [-0.2, -0.15) is 0 Å². The highest BCUT2D eigenvalue weighted by atomic mass is 35.5. The SMILES string of the molecule is CCNCc1cccc(NC(=O)c2ccc(Cl)c(N3CCNC3=O)c2)c1. The predicted octanol–water partition coefficient (Wildman–Crippen LogP) is 3.23. The Balaban J connectivity index is 1.77. The lowest BCUT2D eigenvalue weighted by molar-refractivity contribution is 0.102. The van der Waals surface area contributed by atoms with Crippen molar-refractivity contribution in [2.24, 2.45) is 0 Å². The average Bonchev–Trinajstić information content (AvgIpc) is 3.06. The molecule has 136 valence electrons. The van der Waals surface area contributed by atoms with E-state index in [2.05, 4.69) is 16.0 Å². The number of nitrogens with zero attached hydrogens (tertiary/aromatic N) is 1. The van der Waals surface area contributed by atoms with Gasteiger partial charge in [-0.25, -0.2) is 4.79 Å². The highest BCUT2D eigenvalue weighted by molar-refractivity contribution is 6.34. The number of hydrogen-bond acceptors (Lipinski definition) is 3. The molecular formula is C19H21ClN4O2. The number of benzene rings is 2. The van der Waals surface area contributed by atoms with Crippen LogP contribution in [0.5, 0.6) is 0 Å². The van der Waals surface area contributed by atoms with Gasteiger partial charge in [-0.3, -0.25) is 9.69 Å². The van der Waals surface area contributed by atoms with Gasteiger partial charge in [0.05, 0.1) is 10.7 Å². The van der Waals surface area contributed by atoms with E-state index in [9.17, 15) is 9.59 Å². The van der Waals surface area contributed by atoms with Crippen LogP contribution in [0.25, 0.3) is 0 Å². The van der Waals surface area contributed by atoms with E-state index in [1.807, 2.05) is 31.2 Å². The number of carbonyl (C=O) groups excluding carboxylic acids is 2. The van der Waals surface area contributed by atoms with Gasteiger partial charge in [0.2, 0.25) is 0 Å². The summed E-state index contributed by atoms with van der Waals surface area (Å²) < 4.78 is 0. The maximum atomic E-state index is 12.6. The summed E-state index contributed by atoms with van der Waals surface area (Å²) in [7, 11) is 0. The molecule has 0 spiro atoms. The third-order valence-corrected chi connectivity index (χ3v) is 4.44. The quantitative estimate of drug-likeness (QED) is 0.728. The Hall–Kier alpha value is -2.57. The Morgan fingerprint density at radius 3 is 2.85 bits per heavy atom. The fraction of sp³-hybridized carbons (Fsp3) is 0.263. The predicted molar refractivity (Wildman–Crippen MR) is 104 cm³/mol. The molecule has 26 heavy (non-hydrogen) atoms. The molecule has 6 nitrogen and oxygen atoms in total. The Kier molecular flexibility index (Phi) is 5.75. The van der Waals surface area contributed by atoms with E-state index in [4.69, 9.17) is 11.6 Å². The minimum absolute atomic E-state index is 0.208. The third kappa shape index (κ3) is 4.15. The van der Waals surface area contributed by atoms with Crippen LogP contribution in [0.4, 0.5) is 16.2 Å². The molecule has 7 heteroatoms. The highest BCUT2D eigenvalue weighted by Gasteiger charge is 2.24. The lowest BCUT2D eigenvalue weighted by Gasteiger charge is -2.17. The van der Waals surface area contributed by atoms with Crippen molar-refractivity contribution in [1.29, 1.82) is 0 Å². The summed E-state index contributed by atoms with van der Waals surface area (Å²) in [6.45, 7) is 4.76. The fourth-order valence-electron chi connectivity index (χ4n) is 2.79. The molecule has 1 aliphatic heterocycles. The van der Waals surface area contributed by atoms with Gasteiger partial charge >= 0.3 is 6.03 Å². The van der Waals surface area contributed by atoms with Gasteiger partial charge in [-0.15, -0.1) is 0 Å². The number of anilines is 2. The zero-order valence-electron chi connectivity index (χ0n) is 14.5. The van der Waals surface area contributed by atoms with E-state index < -0.39 is 0 Å². The van der Waals surface area contributed by atoms with Crippen LogP contribution in [0.3, 0.4) is 0 Å². The van der Waals surface area contributed by atoms with Crippen LogP contribution in [0.15, 0.2) is 42.5 Å². The molecule has 2 aromatic rings. The maximum Gasteiger partial charge on any atom is 0.322 e. The summed E-state index contributed by atoms with van der Waals surface area (Å²) in [5.74, 6) is -0.247.